The smallest absolute Gasteiger partial charge is 0.0626 e. The van der Waals surface area contributed by atoms with Crippen LogP contribution in [0.5, 0.6) is 0 Å². The first kappa shape index (κ1) is 10.0. The first-order valence-corrected chi connectivity index (χ1v) is 5.26. The van der Waals surface area contributed by atoms with E-state index in [9.17, 15) is 0 Å². The van der Waals surface area contributed by atoms with Gasteiger partial charge < -0.3 is 0 Å². The minimum Gasteiger partial charge on any atom is -0.268 e. The highest BCUT2D eigenvalue weighted by atomic mass is 127. The van der Waals surface area contributed by atoms with E-state index in [-0.39, 0.29) is 5.41 Å². The van der Waals surface area contributed by atoms with Gasteiger partial charge in [-0.2, -0.15) is 5.10 Å². The molecule has 1 heterocycles. The van der Waals surface area contributed by atoms with Crippen LogP contribution in [0.1, 0.15) is 33.4 Å². The summed E-state index contributed by atoms with van der Waals surface area (Å²) in [6.45, 7) is 9.74. The third-order valence-corrected chi connectivity index (χ3v) is 2.59. The van der Waals surface area contributed by atoms with Crippen LogP contribution in [0.2, 0.25) is 0 Å². The molecule has 1 aromatic heterocycles. The lowest BCUT2D eigenvalue weighted by Gasteiger charge is -2.20. The normalized spacial score (nSPS) is 12.1. The van der Waals surface area contributed by atoms with Gasteiger partial charge in [-0.1, -0.05) is 20.8 Å². The fourth-order valence-corrected chi connectivity index (χ4v) is 2.56. The number of rotatable bonds is 1. The monoisotopic (exact) mass is 278 g/mol. The summed E-state index contributed by atoms with van der Waals surface area (Å²) >= 11 is 2.35. The summed E-state index contributed by atoms with van der Waals surface area (Å²) in [6, 6.07) is 0. The Labute approximate surface area is 87.5 Å². The maximum Gasteiger partial charge on any atom is 0.0626 e. The highest BCUT2D eigenvalue weighted by Crippen LogP contribution is 2.26. The van der Waals surface area contributed by atoms with Crippen molar-refractivity contribution in [1.82, 2.24) is 9.78 Å². The van der Waals surface area contributed by atoms with Gasteiger partial charge in [0.15, 0.2) is 0 Å². The molecule has 0 amide bonds. The highest BCUT2D eigenvalue weighted by molar-refractivity contribution is 14.1. The second kappa shape index (κ2) is 3.36. The molecule has 2 nitrogen and oxygen atoms in total. The molecule has 0 spiro atoms. The molecule has 1 rings (SSSR count). The van der Waals surface area contributed by atoms with E-state index in [1.807, 2.05) is 6.20 Å². The first-order chi connectivity index (χ1) is 5.46. The standard InChI is InChI=1S/C9H15IN2/c1-5-12-8(9(2,3)4)7(10)6-11-12/h6H,5H2,1-4H3. The van der Waals surface area contributed by atoms with Gasteiger partial charge in [-0.25, -0.2) is 0 Å². The van der Waals surface area contributed by atoms with Crippen molar-refractivity contribution in [2.45, 2.75) is 39.7 Å². The molecule has 0 unspecified atom stereocenters. The second-order valence-corrected chi connectivity index (χ2v) is 5.07. The van der Waals surface area contributed by atoms with Crippen molar-refractivity contribution in [1.29, 1.82) is 0 Å². The van der Waals surface area contributed by atoms with Crippen molar-refractivity contribution in [3.8, 4) is 0 Å². The van der Waals surface area contributed by atoms with Gasteiger partial charge in [-0.05, 0) is 29.5 Å². The summed E-state index contributed by atoms with van der Waals surface area (Å²) in [7, 11) is 0. The molecule has 0 aliphatic carbocycles. The highest BCUT2D eigenvalue weighted by Gasteiger charge is 2.21. The Hall–Kier alpha value is -0.0600. The molecule has 0 saturated carbocycles. The van der Waals surface area contributed by atoms with Gasteiger partial charge in [-0.3, -0.25) is 4.68 Å². The molecular formula is C9H15IN2. The summed E-state index contributed by atoms with van der Waals surface area (Å²) in [5, 5.41) is 4.31. The molecule has 0 bridgehead atoms. The molecule has 0 fully saturated rings. The van der Waals surface area contributed by atoms with Crippen LogP contribution in [0.4, 0.5) is 0 Å². The van der Waals surface area contributed by atoms with Gasteiger partial charge in [0.25, 0.3) is 0 Å². The molecule has 0 saturated heterocycles. The summed E-state index contributed by atoms with van der Waals surface area (Å²) in [5.41, 5.74) is 1.54. The van der Waals surface area contributed by atoms with Crippen molar-refractivity contribution in [3.63, 3.8) is 0 Å². The molecule has 0 aliphatic rings. The lowest BCUT2D eigenvalue weighted by atomic mass is 9.92. The van der Waals surface area contributed by atoms with E-state index in [1.54, 1.807) is 0 Å². The van der Waals surface area contributed by atoms with E-state index < -0.39 is 0 Å². The molecule has 0 N–H and O–H groups in total. The molecule has 12 heavy (non-hydrogen) atoms. The molecule has 3 heteroatoms. The molecular weight excluding hydrogens is 263 g/mol. The Balaban J connectivity index is 3.19. The van der Waals surface area contributed by atoms with Gasteiger partial charge in [0.05, 0.1) is 15.5 Å². The number of halogens is 1. The molecule has 0 radical (unpaired) electrons. The summed E-state index contributed by atoms with van der Waals surface area (Å²) in [4.78, 5) is 0. The van der Waals surface area contributed by atoms with Crippen LogP contribution in [-0.2, 0) is 12.0 Å². The van der Waals surface area contributed by atoms with E-state index in [0.29, 0.717) is 0 Å². The first-order valence-electron chi connectivity index (χ1n) is 4.18. The third-order valence-electron chi connectivity index (χ3n) is 1.80. The number of aromatic nitrogens is 2. The van der Waals surface area contributed by atoms with E-state index in [4.69, 9.17) is 0 Å². The molecule has 0 aliphatic heterocycles. The van der Waals surface area contributed by atoms with Gasteiger partial charge in [0, 0.05) is 12.0 Å². The van der Waals surface area contributed by atoms with Crippen LogP contribution in [0.15, 0.2) is 6.20 Å². The van der Waals surface area contributed by atoms with Crippen LogP contribution >= 0.6 is 22.6 Å². The predicted molar refractivity (Wildman–Crippen MR) is 59.3 cm³/mol. The maximum absolute atomic E-state index is 4.31. The van der Waals surface area contributed by atoms with E-state index >= 15 is 0 Å². The predicted octanol–water partition coefficient (Wildman–Crippen LogP) is 2.81. The maximum atomic E-state index is 4.31. The zero-order valence-corrected chi connectivity index (χ0v) is 10.2. The summed E-state index contributed by atoms with van der Waals surface area (Å²) in [6.07, 6.45) is 1.94. The van der Waals surface area contributed by atoms with Crippen molar-refractivity contribution >= 4 is 22.6 Å². The van der Waals surface area contributed by atoms with Crippen LogP contribution in [-0.4, -0.2) is 9.78 Å². The van der Waals surface area contributed by atoms with Crippen LogP contribution in [0, 0.1) is 3.57 Å². The zero-order valence-electron chi connectivity index (χ0n) is 8.06. The fourth-order valence-electron chi connectivity index (χ4n) is 1.35. The van der Waals surface area contributed by atoms with E-state index in [0.717, 1.165) is 6.54 Å². The van der Waals surface area contributed by atoms with Gasteiger partial charge in [0.2, 0.25) is 0 Å². The number of aryl methyl sites for hydroxylation is 1. The number of hydrogen-bond donors (Lipinski definition) is 0. The third kappa shape index (κ3) is 1.81. The molecule has 0 atom stereocenters. The number of hydrogen-bond acceptors (Lipinski definition) is 1. The fraction of sp³-hybridized carbons (Fsp3) is 0.667. The Morgan fingerprint density at radius 3 is 2.42 bits per heavy atom. The molecule has 1 aromatic rings. The van der Waals surface area contributed by atoms with E-state index in [1.165, 1.54) is 9.26 Å². The van der Waals surface area contributed by atoms with Crippen molar-refractivity contribution in [3.05, 3.63) is 15.5 Å². The van der Waals surface area contributed by atoms with Crippen LogP contribution in [0.25, 0.3) is 0 Å². The average molecular weight is 278 g/mol. The van der Waals surface area contributed by atoms with Crippen molar-refractivity contribution in [2.24, 2.45) is 0 Å². The Morgan fingerprint density at radius 1 is 1.50 bits per heavy atom. The molecule has 68 valence electrons. The summed E-state index contributed by atoms with van der Waals surface area (Å²) < 4.78 is 3.34. The van der Waals surface area contributed by atoms with Crippen molar-refractivity contribution in [2.75, 3.05) is 0 Å². The number of nitrogens with zero attached hydrogens (tertiary/aromatic N) is 2. The van der Waals surface area contributed by atoms with Gasteiger partial charge in [-0.15, -0.1) is 0 Å². The van der Waals surface area contributed by atoms with Gasteiger partial charge in [0.1, 0.15) is 0 Å². The Morgan fingerprint density at radius 2 is 2.08 bits per heavy atom. The van der Waals surface area contributed by atoms with Gasteiger partial charge >= 0.3 is 0 Å². The largest absolute Gasteiger partial charge is 0.268 e. The van der Waals surface area contributed by atoms with Crippen LogP contribution in [0.3, 0.4) is 0 Å². The lowest BCUT2D eigenvalue weighted by Crippen LogP contribution is -2.19. The topological polar surface area (TPSA) is 17.8 Å². The Bertz CT molecular complexity index is 271. The van der Waals surface area contributed by atoms with Crippen molar-refractivity contribution < 1.29 is 0 Å². The average Bonchev–Trinajstić information content (AvgIpc) is 2.29. The summed E-state index contributed by atoms with van der Waals surface area (Å²) in [5.74, 6) is 0. The van der Waals surface area contributed by atoms with E-state index in [2.05, 4.69) is 60.1 Å². The zero-order chi connectivity index (χ0) is 9.35. The Kier molecular flexibility index (Phi) is 2.81. The lowest BCUT2D eigenvalue weighted by molar-refractivity contribution is 0.495. The van der Waals surface area contributed by atoms with Crippen LogP contribution < -0.4 is 0 Å². The molecule has 0 aromatic carbocycles. The quantitative estimate of drug-likeness (QED) is 0.722. The SMILES string of the molecule is CCn1ncc(I)c1C(C)(C)C. The minimum absolute atomic E-state index is 0.197. The second-order valence-electron chi connectivity index (χ2n) is 3.91. The minimum atomic E-state index is 0.197.